The van der Waals surface area contributed by atoms with Crippen molar-refractivity contribution in [3.8, 4) is 0 Å². The van der Waals surface area contributed by atoms with Crippen molar-refractivity contribution >= 4 is 10.0 Å². The molecule has 3 N–H and O–H groups in total. The van der Waals surface area contributed by atoms with Crippen LogP contribution >= 0.6 is 0 Å². The molecule has 1 aromatic rings. The first kappa shape index (κ1) is 16.4. The van der Waals surface area contributed by atoms with E-state index in [9.17, 15) is 8.42 Å². The highest BCUT2D eigenvalue weighted by Gasteiger charge is 2.20. The van der Waals surface area contributed by atoms with Crippen LogP contribution in [0.15, 0.2) is 17.2 Å². The van der Waals surface area contributed by atoms with Crippen molar-refractivity contribution < 1.29 is 17.9 Å². The van der Waals surface area contributed by atoms with Gasteiger partial charge in [0.25, 0.3) is 0 Å². The summed E-state index contributed by atoms with van der Waals surface area (Å²) in [6.07, 6.45) is 1.27. The molecule has 1 aliphatic rings. The number of aromatic nitrogens is 1. The maximum atomic E-state index is 12.2. The number of H-pyrrole nitrogens is 1. The molecule has 0 spiro atoms. The zero-order chi connectivity index (χ0) is 15.3. The number of rotatable bonds is 7. The van der Waals surface area contributed by atoms with Crippen molar-refractivity contribution in [1.82, 2.24) is 15.0 Å². The maximum absolute atomic E-state index is 12.2. The zero-order valence-electron chi connectivity index (χ0n) is 12.4. The Morgan fingerprint density at radius 1 is 1.43 bits per heavy atom. The summed E-state index contributed by atoms with van der Waals surface area (Å²) in [4.78, 5) is 3.20. The third kappa shape index (κ3) is 5.08. The van der Waals surface area contributed by atoms with Gasteiger partial charge < -0.3 is 19.8 Å². The standard InChI is InChI=1S/C13H23N3O4S/c1-10(2)14-6-11-5-13(8-15-11)21(17,18)16-7-12-9-19-3-4-20-12/h5,8,10,12,14-16H,3-4,6-7,9H2,1-2H3. The largest absolute Gasteiger partial charge is 0.376 e. The fourth-order valence-electron chi connectivity index (χ4n) is 1.93. The number of aromatic amines is 1. The van der Waals surface area contributed by atoms with Crippen LogP contribution in [0.5, 0.6) is 0 Å². The molecule has 1 aromatic heterocycles. The van der Waals surface area contributed by atoms with Gasteiger partial charge in [-0.25, -0.2) is 13.1 Å². The lowest BCUT2D eigenvalue weighted by atomic mass is 10.3. The molecule has 0 radical (unpaired) electrons. The molecule has 1 atom stereocenters. The first-order chi connectivity index (χ1) is 9.97. The molecule has 0 aromatic carbocycles. The van der Waals surface area contributed by atoms with Crippen molar-refractivity contribution in [1.29, 1.82) is 0 Å². The highest BCUT2D eigenvalue weighted by molar-refractivity contribution is 7.89. The molecule has 0 aliphatic carbocycles. The highest BCUT2D eigenvalue weighted by atomic mass is 32.2. The molecule has 1 fully saturated rings. The lowest BCUT2D eigenvalue weighted by Gasteiger charge is -2.22. The first-order valence-electron chi connectivity index (χ1n) is 7.07. The van der Waals surface area contributed by atoms with Gasteiger partial charge in [-0.3, -0.25) is 0 Å². The predicted octanol–water partition coefficient (Wildman–Crippen LogP) is 0.206. The second-order valence-corrected chi connectivity index (χ2v) is 7.08. The fourth-order valence-corrected chi connectivity index (χ4v) is 3.01. The lowest BCUT2D eigenvalue weighted by Crippen LogP contribution is -2.39. The van der Waals surface area contributed by atoms with Crippen molar-refractivity contribution in [3.05, 3.63) is 18.0 Å². The van der Waals surface area contributed by atoms with E-state index in [1.54, 1.807) is 6.07 Å². The van der Waals surface area contributed by atoms with Crippen molar-refractivity contribution in [3.63, 3.8) is 0 Å². The van der Waals surface area contributed by atoms with E-state index in [2.05, 4.69) is 15.0 Å². The summed E-state index contributed by atoms with van der Waals surface area (Å²) < 4.78 is 37.6. The monoisotopic (exact) mass is 317 g/mol. The Hall–Kier alpha value is -0.930. The van der Waals surface area contributed by atoms with Gasteiger partial charge in [-0.2, -0.15) is 0 Å². The van der Waals surface area contributed by atoms with Crippen LogP contribution in [0.4, 0.5) is 0 Å². The Morgan fingerprint density at radius 2 is 2.24 bits per heavy atom. The average Bonchev–Trinajstić information content (AvgIpc) is 2.94. The van der Waals surface area contributed by atoms with Gasteiger partial charge in [0.15, 0.2) is 0 Å². The number of hydrogen-bond acceptors (Lipinski definition) is 5. The van der Waals surface area contributed by atoms with Crippen LogP contribution in [0.3, 0.4) is 0 Å². The average molecular weight is 317 g/mol. The molecule has 0 bridgehead atoms. The van der Waals surface area contributed by atoms with Gasteiger partial charge in [0.05, 0.1) is 30.8 Å². The van der Waals surface area contributed by atoms with E-state index in [4.69, 9.17) is 9.47 Å². The van der Waals surface area contributed by atoms with E-state index in [0.29, 0.717) is 32.4 Å². The third-order valence-corrected chi connectivity index (χ3v) is 4.52. The first-order valence-corrected chi connectivity index (χ1v) is 8.55. The molecular weight excluding hydrogens is 294 g/mol. The van der Waals surface area contributed by atoms with Gasteiger partial charge >= 0.3 is 0 Å². The number of ether oxygens (including phenoxy) is 2. The fraction of sp³-hybridized carbons (Fsp3) is 0.692. The number of nitrogens with one attached hydrogen (secondary N) is 3. The summed E-state index contributed by atoms with van der Waals surface area (Å²) in [5.74, 6) is 0. The van der Waals surface area contributed by atoms with Gasteiger partial charge in [0.1, 0.15) is 0 Å². The Balaban J connectivity index is 1.89. The third-order valence-electron chi connectivity index (χ3n) is 3.11. The molecule has 2 rings (SSSR count). The van der Waals surface area contributed by atoms with E-state index < -0.39 is 10.0 Å². The summed E-state index contributed by atoms with van der Waals surface area (Å²) in [5, 5.41) is 3.23. The topological polar surface area (TPSA) is 92.5 Å². The summed E-state index contributed by atoms with van der Waals surface area (Å²) in [6, 6.07) is 1.98. The van der Waals surface area contributed by atoms with Crippen LogP contribution < -0.4 is 10.0 Å². The minimum atomic E-state index is -3.52. The summed E-state index contributed by atoms with van der Waals surface area (Å²) >= 11 is 0. The van der Waals surface area contributed by atoms with Gasteiger partial charge in [0.2, 0.25) is 10.0 Å². The quantitative estimate of drug-likeness (QED) is 0.668. The van der Waals surface area contributed by atoms with E-state index in [-0.39, 0.29) is 17.5 Å². The van der Waals surface area contributed by atoms with Gasteiger partial charge in [-0.1, -0.05) is 13.8 Å². The minimum Gasteiger partial charge on any atom is -0.376 e. The maximum Gasteiger partial charge on any atom is 0.242 e. The van der Waals surface area contributed by atoms with Crippen LogP contribution in [0.2, 0.25) is 0 Å². The predicted molar refractivity (Wildman–Crippen MR) is 78.5 cm³/mol. The normalized spacial score (nSPS) is 20.0. The van der Waals surface area contributed by atoms with Crippen molar-refractivity contribution in [2.75, 3.05) is 26.4 Å². The Labute approximate surface area is 125 Å². The van der Waals surface area contributed by atoms with Gasteiger partial charge in [-0.15, -0.1) is 0 Å². The summed E-state index contributed by atoms with van der Waals surface area (Å²) in [5.41, 5.74) is 0.835. The van der Waals surface area contributed by atoms with Crippen LogP contribution in [0.25, 0.3) is 0 Å². The number of hydrogen-bond donors (Lipinski definition) is 3. The van der Waals surface area contributed by atoms with Crippen molar-refractivity contribution in [2.24, 2.45) is 0 Å². The molecule has 1 unspecified atom stereocenters. The van der Waals surface area contributed by atoms with Crippen LogP contribution in [-0.2, 0) is 26.0 Å². The summed E-state index contributed by atoms with van der Waals surface area (Å²) in [7, 11) is -3.52. The molecular formula is C13H23N3O4S. The molecule has 1 aliphatic heterocycles. The van der Waals surface area contributed by atoms with Crippen LogP contribution in [0, 0.1) is 0 Å². The molecule has 1 saturated heterocycles. The van der Waals surface area contributed by atoms with E-state index in [0.717, 1.165) is 5.69 Å². The molecule has 2 heterocycles. The van der Waals surface area contributed by atoms with Gasteiger partial charge in [0, 0.05) is 31.0 Å². The smallest absolute Gasteiger partial charge is 0.242 e. The Kier molecular flexibility index (Phi) is 5.77. The van der Waals surface area contributed by atoms with Crippen LogP contribution in [-0.4, -0.2) is 51.9 Å². The van der Waals surface area contributed by atoms with E-state index in [1.165, 1.54) is 6.20 Å². The van der Waals surface area contributed by atoms with E-state index in [1.807, 2.05) is 13.8 Å². The van der Waals surface area contributed by atoms with Gasteiger partial charge in [-0.05, 0) is 6.07 Å². The molecule has 8 heteroatoms. The highest BCUT2D eigenvalue weighted by Crippen LogP contribution is 2.11. The SMILES string of the molecule is CC(C)NCc1cc(S(=O)(=O)NCC2COCCO2)c[nH]1. The Bertz CT molecular complexity index is 535. The van der Waals surface area contributed by atoms with E-state index >= 15 is 0 Å². The minimum absolute atomic E-state index is 0.215. The Morgan fingerprint density at radius 3 is 2.90 bits per heavy atom. The second-order valence-electron chi connectivity index (χ2n) is 5.32. The molecule has 120 valence electrons. The molecule has 0 amide bonds. The van der Waals surface area contributed by atoms with Crippen molar-refractivity contribution in [2.45, 2.75) is 37.4 Å². The zero-order valence-corrected chi connectivity index (χ0v) is 13.2. The molecule has 21 heavy (non-hydrogen) atoms. The molecule has 7 nitrogen and oxygen atoms in total. The van der Waals surface area contributed by atoms with Crippen LogP contribution in [0.1, 0.15) is 19.5 Å². The lowest BCUT2D eigenvalue weighted by molar-refractivity contribution is -0.0846. The molecule has 0 saturated carbocycles. The number of sulfonamides is 1. The summed E-state index contributed by atoms with van der Waals surface area (Å²) in [6.45, 7) is 6.37. The second kappa shape index (κ2) is 7.37.